The number of halogens is 2. The summed E-state index contributed by atoms with van der Waals surface area (Å²) in [5, 5.41) is 9.74. The first-order valence-corrected chi connectivity index (χ1v) is 19.3. The first kappa shape index (κ1) is 31.6. The average molecular weight is 811 g/mol. The van der Waals surface area contributed by atoms with E-state index in [0.717, 1.165) is 29.5 Å². The van der Waals surface area contributed by atoms with Gasteiger partial charge in [0.05, 0.1) is 31.4 Å². The average Bonchev–Trinajstić information content (AvgIpc) is 3.36. The topological polar surface area (TPSA) is 90.3 Å². The number of anilines is 1. The summed E-state index contributed by atoms with van der Waals surface area (Å²) in [6, 6.07) is 23.8. The van der Waals surface area contributed by atoms with E-state index in [1.165, 1.54) is 0 Å². The lowest BCUT2D eigenvalue weighted by Gasteiger charge is -2.32. The molecule has 2 heterocycles. The molecule has 0 bridgehead atoms. The Kier molecular flexibility index (Phi) is 9.50. The molecule has 0 radical (unpaired) electrons. The summed E-state index contributed by atoms with van der Waals surface area (Å²) in [6.07, 6.45) is -0.631. The van der Waals surface area contributed by atoms with Gasteiger partial charge in [0.15, 0.2) is 13.9 Å². The van der Waals surface area contributed by atoms with E-state index in [9.17, 15) is 19.5 Å². The molecule has 2 aliphatic heterocycles. The van der Waals surface area contributed by atoms with Crippen molar-refractivity contribution < 1.29 is 24.2 Å². The van der Waals surface area contributed by atoms with Crippen LogP contribution in [0.3, 0.4) is 0 Å². The maximum atomic E-state index is 14.6. The number of rotatable bonds is 9. The van der Waals surface area contributed by atoms with Crippen molar-refractivity contribution in [2.24, 2.45) is 5.92 Å². The highest BCUT2D eigenvalue weighted by atomic mass is 127. The fourth-order valence-corrected chi connectivity index (χ4v) is 10.1. The molecule has 10 heteroatoms. The highest BCUT2D eigenvalue weighted by Crippen LogP contribution is 2.60. The molecule has 0 unspecified atom stereocenters. The van der Waals surface area contributed by atoms with Gasteiger partial charge in [-0.2, -0.15) is 0 Å². The van der Waals surface area contributed by atoms with Crippen LogP contribution in [0.5, 0.6) is 0 Å². The van der Waals surface area contributed by atoms with Crippen LogP contribution in [-0.4, -0.2) is 54.2 Å². The van der Waals surface area contributed by atoms with Gasteiger partial charge in [0.25, 0.3) is 5.91 Å². The van der Waals surface area contributed by atoms with Crippen LogP contribution < -0.4 is 4.90 Å². The molecular weight excluding hydrogens is 774 g/mol. The zero-order valence-corrected chi connectivity index (χ0v) is 29.3. The molecule has 1 saturated heterocycles. The lowest BCUT2D eigenvalue weighted by Crippen LogP contribution is -2.46. The van der Waals surface area contributed by atoms with Gasteiger partial charge in [0.1, 0.15) is 0 Å². The van der Waals surface area contributed by atoms with Crippen molar-refractivity contribution >= 4 is 71.0 Å². The van der Waals surface area contributed by atoms with Gasteiger partial charge >= 0.3 is 0 Å². The summed E-state index contributed by atoms with van der Waals surface area (Å²) in [6.45, 7) is 6.51. The molecule has 0 saturated carbocycles. The summed E-state index contributed by atoms with van der Waals surface area (Å²) in [7, 11) is -2.92. The summed E-state index contributed by atoms with van der Waals surface area (Å²) in [5.74, 6) is -0.678. The number of aliphatic hydroxyl groups is 1. The summed E-state index contributed by atoms with van der Waals surface area (Å²) in [5.41, 5.74) is 1.92. The van der Waals surface area contributed by atoms with Crippen molar-refractivity contribution in [3.05, 3.63) is 96.6 Å². The Morgan fingerprint density at radius 2 is 1.69 bits per heavy atom. The summed E-state index contributed by atoms with van der Waals surface area (Å²) < 4.78 is 8.97. The number of nitrogens with zero attached hydrogens (tertiary/aromatic N) is 2. The van der Waals surface area contributed by atoms with Crippen LogP contribution in [-0.2, 0) is 33.0 Å². The molecule has 42 heavy (non-hydrogen) atoms. The van der Waals surface area contributed by atoms with Crippen LogP contribution in [0.2, 0.25) is 18.6 Å². The molecule has 0 aliphatic carbocycles. The normalized spacial score (nSPS) is 23.5. The lowest BCUT2D eigenvalue weighted by atomic mass is 9.82. The van der Waals surface area contributed by atoms with Crippen LogP contribution in [0.25, 0.3) is 0 Å². The lowest BCUT2D eigenvalue weighted by molar-refractivity contribution is -0.150. The van der Waals surface area contributed by atoms with Crippen LogP contribution in [0.4, 0.5) is 5.69 Å². The third-order valence-corrected chi connectivity index (χ3v) is 12.4. The minimum absolute atomic E-state index is 0.0181. The Morgan fingerprint density at radius 3 is 2.33 bits per heavy atom. The number of hydrogen-bond donors (Lipinski definition) is 2. The first-order chi connectivity index (χ1) is 20.0. The predicted molar refractivity (Wildman–Crippen MR) is 182 cm³/mol. The van der Waals surface area contributed by atoms with E-state index in [0.29, 0.717) is 13.1 Å². The quantitative estimate of drug-likeness (QED) is 0.216. The number of carbonyl (C=O) groups excluding carboxylic acids is 2. The monoisotopic (exact) mass is 810 g/mol. The van der Waals surface area contributed by atoms with Gasteiger partial charge in [-0.1, -0.05) is 49.4 Å². The fourth-order valence-electron chi connectivity index (χ4n) is 6.70. The maximum Gasteiger partial charge on any atom is 0.264 e. The van der Waals surface area contributed by atoms with Gasteiger partial charge in [0.2, 0.25) is 5.91 Å². The zero-order chi connectivity index (χ0) is 30.2. The largest absolute Gasteiger partial charge is 0.432 e. The van der Waals surface area contributed by atoms with Crippen LogP contribution in [0, 0.1) is 13.1 Å². The second-order valence-corrected chi connectivity index (χ2v) is 18.2. The minimum atomic E-state index is -2.92. The molecule has 4 atom stereocenters. The number of fused-ring (bicyclic) bond motifs is 2. The van der Waals surface area contributed by atoms with E-state index < -0.39 is 20.0 Å². The van der Waals surface area contributed by atoms with Crippen molar-refractivity contribution in [1.29, 1.82) is 0 Å². The zero-order valence-electron chi connectivity index (χ0n) is 24.0. The molecule has 2 aliphatic rings. The van der Waals surface area contributed by atoms with Gasteiger partial charge in [-0.25, -0.2) is 0 Å². The maximum absolute atomic E-state index is 14.6. The molecular formula is C32H36I2N2O5Si. The molecule has 7 nitrogen and oxygen atoms in total. The van der Waals surface area contributed by atoms with Crippen molar-refractivity contribution in [3.8, 4) is 0 Å². The smallest absolute Gasteiger partial charge is 0.264 e. The molecule has 5 rings (SSSR count). The number of benzene rings is 3. The van der Waals surface area contributed by atoms with Gasteiger partial charge in [-0.05, 0) is 99.7 Å². The Balaban J connectivity index is 1.50. The van der Waals surface area contributed by atoms with E-state index >= 15 is 0 Å². The first-order valence-electron chi connectivity index (χ1n) is 14.1. The molecule has 3 aromatic rings. The Labute approximate surface area is 275 Å². The number of amides is 2. The van der Waals surface area contributed by atoms with Gasteiger partial charge in [-0.3, -0.25) is 9.59 Å². The number of ether oxygens (including phenoxy) is 1. The highest BCUT2D eigenvalue weighted by molar-refractivity contribution is 14.1. The van der Waals surface area contributed by atoms with Crippen molar-refractivity contribution in [3.63, 3.8) is 0 Å². The van der Waals surface area contributed by atoms with Crippen LogP contribution in [0.1, 0.15) is 30.0 Å². The Morgan fingerprint density at radius 1 is 1.02 bits per heavy atom. The molecule has 1 fully saturated rings. The highest BCUT2D eigenvalue weighted by Gasteiger charge is 2.66. The Bertz CT molecular complexity index is 1450. The van der Waals surface area contributed by atoms with Gasteiger partial charge in [-0.15, -0.1) is 0 Å². The number of hydrogen-bond acceptors (Lipinski definition) is 5. The third kappa shape index (κ3) is 6.07. The standard InChI is InChI=1S/C32H36I2N2O5Si/c1-21-30(42(2,3)40)28(18-29(38)35(15-16-37)19-22-7-5-4-6-8-22)41-32(21)26-17-25(34)13-14-27(26)36(31(32)39)20-23-9-11-24(33)12-10-23/h4-14,17,21,28,30,37,40H,15-16,18-20H2,1-3H3/t21-,28+,30-,32+/m0/s1. The predicted octanol–water partition coefficient (Wildman–Crippen LogP) is 5.65. The summed E-state index contributed by atoms with van der Waals surface area (Å²) >= 11 is 4.52. The van der Waals surface area contributed by atoms with E-state index in [2.05, 4.69) is 45.2 Å². The van der Waals surface area contributed by atoms with Gasteiger partial charge in [0, 0.05) is 37.3 Å². The summed E-state index contributed by atoms with van der Waals surface area (Å²) in [4.78, 5) is 43.3. The van der Waals surface area contributed by atoms with E-state index in [4.69, 9.17) is 4.74 Å². The molecule has 0 aromatic heterocycles. The number of aliphatic hydroxyl groups excluding tert-OH is 1. The van der Waals surface area contributed by atoms with Crippen molar-refractivity contribution in [2.75, 3.05) is 18.1 Å². The van der Waals surface area contributed by atoms with Crippen LogP contribution >= 0.6 is 45.2 Å². The molecule has 3 aromatic carbocycles. The second kappa shape index (κ2) is 12.6. The Hall–Kier alpha value is -1.84. The van der Waals surface area contributed by atoms with Crippen molar-refractivity contribution in [1.82, 2.24) is 4.90 Å². The van der Waals surface area contributed by atoms with Gasteiger partial charge < -0.3 is 24.4 Å². The van der Waals surface area contributed by atoms with Crippen LogP contribution in [0.15, 0.2) is 72.8 Å². The van der Waals surface area contributed by atoms with E-state index in [1.807, 2.05) is 92.8 Å². The van der Waals surface area contributed by atoms with E-state index in [1.54, 1.807) is 9.80 Å². The molecule has 1 spiro atoms. The van der Waals surface area contributed by atoms with E-state index in [-0.39, 0.29) is 42.8 Å². The molecule has 2 amide bonds. The van der Waals surface area contributed by atoms with Crippen molar-refractivity contribution in [2.45, 2.75) is 56.8 Å². The minimum Gasteiger partial charge on any atom is -0.432 e. The third-order valence-electron chi connectivity index (χ3n) is 8.51. The number of carbonyl (C=O) groups is 2. The molecule has 222 valence electrons. The SMILES string of the molecule is C[C@H]1[C@H]([Si](C)(C)O)[C@@H](CC(=O)N(CCO)Cc2ccccc2)O[C@]12C(=O)N(Cc1ccc(I)cc1)c1ccc(I)cc12. The fraction of sp³-hybridized carbons (Fsp3) is 0.375. The molecule has 2 N–H and O–H groups in total. The second-order valence-electron chi connectivity index (χ2n) is 11.8.